The van der Waals surface area contributed by atoms with E-state index in [0.717, 1.165) is 0 Å². The lowest BCUT2D eigenvalue weighted by molar-refractivity contribution is 0.0975. The molecule has 2 aromatic carbocycles. The Kier molecular flexibility index (Phi) is 6.25. The molecule has 0 bridgehead atoms. The van der Waals surface area contributed by atoms with Crippen molar-refractivity contribution in [3.8, 4) is 11.5 Å². The third kappa shape index (κ3) is 4.50. The molecule has 0 atom stereocenters. The van der Waals surface area contributed by atoms with Crippen LogP contribution in [-0.2, 0) is 0 Å². The first-order chi connectivity index (χ1) is 11.4. The highest BCUT2D eigenvalue weighted by atomic mass is 35.5. The van der Waals surface area contributed by atoms with Gasteiger partial charge in [0.15, 0.2) is 5.11 Å². The number of benzene rings is 2. The first-order valence-corrected chi connectivity index (χ1v) is 7.90. The molecule has 0 spiro atoms. The standard InChI is InChI=1S/C16H14Cl2N2O3S/c1-22-11-5-3-10(4-6-11)19-16(24)20-15(21)12-7-9(17)8-13(18)14(12)23-2/h3-8H,1-2H3,(H2,19,20,21,24). The van der Waals surface area contributed by atoms with Gasteiger partial charge in [-0.05, 0) is 48.6 Å². The van der Waals surface area contributed by atoms with E-state index in [-0.39, 0.29) is 21.4 Å². The summed E-state index contributed by atoms with van der Waals surface area (Å²) in [5.74, 6) is 0.460. The molecule has 5 nitrogen and oxygen atoms in total. The van der Waals surface area contributed by atoms with Crippen LogP contribution in [0.2, 0.25) is 10.0 Å². The number of hydrogen-bond donors (Lipinski definition) is 2. The Morgan fingerprint density at radius 1 is 1.08 bits per heavy atom. The molecule has 24 heavy (non-hydrogen) atoms. The topological polar surface area (TPSA) is 59.6 Å². The van der Waals surface area contributed by atoms with Crippen LogP contribution in [0.1, 0.15) is 10.4 Å². The molecule has 0 aliphatic heterocycles. The maximum atomic E-state index is 12.4. The van der Waals surface area contributed by atoms with Crippen LogP contribution in [0.5, 0.6) is 11.5 Å². The van der Waals surface area contributed by atoms with Gasteiger partial charge in [0, 0.05) is 10.7 Å². The third-order valence-electron chi connectivity index (χ3n) is 3.03. The van der Waals surface area contributed by atoms with E-state index in [2.05, 4.69) is 10.6 Å². The van der Waals surface area contributed by atoms with Crippen LogP contribution < -0.4 is 20.1 Å². The molecular weight excluding hydrogens is 371 g/mol. The van der Waals surface area contributed by atoms with Gasteiger partial charge < -0.3 is 14.8 Å². The monoisotopic (exact) mass is 384 g/mol. The number of amides is 1. The van der Waals surface area contributed by atoms with Crippen molar-refractivity contribution in [1.82, 2.24) is 5.32 Å². The van der Waals surface area contributed by atoms with E-state index in [1.165, 1.54) is 19.2 Å². The van der Waals surface area contributed by atoms with Gasteiger partial charge in [-0.1, -0.05) is 23.2 Å². The van der Waals surface area contributed by atoms with Gasteiger partial charge in [-0.15, -0.1) is 0 Å². The van der Waals surface area contributed by atoms with Crippen molar-refractivity contribution in [3.63, 3.8) is 0 Å². The molecule has 0 aliphatic rings. The minimum Gasteiger partial charge on any atom is -0.497 e. The summed E-state index contributed by atoms with van der Waals surface area (Å²) in [5.41, 5.74) is 0.895. The van der Waals surface area contributed by atoms with Gasteiger partial charge in [-0.2, -0.15) is 0 Å². The van der Waals surface area contributed by atoms with E-state index >= 15 is 0 Å². The van der Waals surface area contributed by atoms with Gasteiger partial charge in [0.25, 0.3) is 5.91 Å². The maximum absolute atomic E-state index is 12.4. The van der Waals surface area contributed by atoms with E-state index in [1.807, 2.05) is 0 Å². The highest BCUT2D eigenvalue weighted by Crippen LogP contribution is 2.32. The van der Waals surface area contributed by atoms with Crippen molar-refractivity contribution in [3.05, 3.63) is 52.0 Å². The van der Waals surface area contributed by atoms with Crippen molar-refractivity contribution in [2.24, 2.45) is 0 Å². The Hall–Kier alpha value is -2.02. The molecule has 0 fully saturated rings. The SMILES string of the molecule is COc1ccc(NC(=S)NC(=O)c2cc(Cl)cc(Cl)c2OC)cc1. The summed E-state index contributed by atoms with van der Waals surface area (Å²) in [4.78, 5) is 12.4. The molecule has 2 rings (SSSR count). The lowest BCUT2D eigenvalue weighted by Gasteiger charge is -2.13. The number of hydrogen-bond acceptors (Lipinski definition) is 4. The molecule has 2 aromatic rings. The largest absolute Gasteiger partial charge is 0.497 e. The number of carbonyl (C=O) groups excluding carboxylic acids is 1. The number of methoxy groups -OCH3 is 2. The summed E-state index contributed by atoms with van der Waals surface area (Å²) < 4.78 is 10.2. The highest BCUT2D eigenvalue weighted by molar-refractivity contribution is 7.80. The number of carbonyl (C=O) groups is 1. The van der Waals surface area contributed by atoms with Crippen LogP contribution in [0.25, 0.3) is 0 Å². The van der Waals surface area contributed by atoms with Crippen LogP contribution >= 0.6 is 35.4 Å². The van der Waals surface area contributed by atoms with E-state index in [9.17, 15) is 4.79 Å². The number of anilines is 1. The molecule has 0 aromatic heterocycles. The van der Waals surface area contributed by atoms with Crippen molar-refractivity contribution in [1.29, 1.82) is 0 Å². The van der Waals surface area contributed by atoms with Gasteiger partial charge in [0.2, 0.25) is 0 Å². The number of thiocarbonyl (C=S) groups is 1. The fourth-order valence-corrected chi connectivity index (χ4v) is 2.72. The van der Waals surface area contributed by atoms with Crippen LogP contribution in [0.3, 0.4) is 0 Å². The number of nitrogens with one attached hydrogen (secondary N) is 2. The first kappa shape index (κ1) is 18.3. The van der Waals surface area contributed by atoms with Crippen LogP contribution in [0.15, 0.2) is 36.4 Å². The van der Waals surface area contributed by atoms with Gasteiger partial charge in [0.1, 0.15) is 11.5 Å². The molecule has 0 saturated heterocycles. The molecule has 2 N–H and O–H groups in total. The molecular formula is C16H14Cl2N2O3S. The zero-order chi connectivity index (χ0) is 17.7. The predicted octanol–water partition coefficient (Wildman–Crippen LogP) is 4.14. The van der Waals surface area contributed by atoms with Gasteiger partial charge in [-0.25, -0.2) is 0 Å². The fraction of sp³-hybridized carbons (Fsp3) is 0.125. The Morgan fingerprint density at radius 3 is 2.33 bits per heavy atom. The Bertz CT molecular complexity index is 767. The first-order valence-electron chi connectivity index (χ1n) is 6.74. The van der Waals surface area contributed by atoms with Crippen molar-refractivity contribution >= 4 is 52.1 Å². The Labute approximate surface area is 154 Å². The molecule has 1 amide bonds. The second kappa shape index (κ2) is 8.19. The fourth-order valence-electron chi connectivity index (χ4n) is 1.94. The van der Waals surface area contributed by atoms with Gasteiger partial charge in [-0.3, -0.25) is 10.1 Å². The smallest absolute Gasteiger partial charge is 0.261 e. The van der Waals surface area contributed by atoms with Crippen LogP contribution in [0.4, 0.5) is 5.69 Å². The normalized spacial score (nSPS) is 10.0. The second-order valence-corrected chi connectivity index (χ2v) is 5.86. The molecule has 0 unspecified atom stereocenters. The summed E-state index contributed by atoms with van der Waals surface area (Å²) in [6.07, 6.45) is 0. The zero-order valence-corrected chi connectivity index (χ0v) is 15.2. The van der Waals surface area contributed by atoms with Crippen molar-refractivity contribution in [2.45, 2.75) is 0 Å². The predicted molar refractivity (Wildman–Crippen MR) is 99.7 cm³/mol. The molecule has 0 heterocycles. The molecule has 8 heteroatoms. The lowest BCUT2D eigenvalue weighted by atomic mass is 10.2. The molecule has 0 radical (unpaired) electrons. The zero-order valence-electron chi connectivity index (χ0n) is 12.9. The number of ether oxygens (including phenoxy) is 2. The second-order valence-electron chi connectivity index (χ2n) is 4.61. The Balaban J connectivity index is 2.10. The van der Waals surface area contributed by atoms with Crippen molar-refractivity contribution < 1.29 is 14.3 Å². The molecule has 126 valence electrons. The molecule has 0 saturated carbocycles. The minimum atomic E-state index is -0.484. The minimum absolute atomic E-state index is 0.128. The summed E-state index contributed by atoms with van der Waals surface area (Å²) in [7, 11) is 3.00. The van der Waals surface area contributed by atoms with Crippen LogP contribution in [0, 0.1) is 0 Å². The summed E-state index contributed by atoms with van der Waals surface area (Å²) in [6.45, 7) is 0. The summed E-state index contributed by atoms with van der Waals surface area (Å²) in [5, 5.41) is 6.14. The molecule has 0 aliphatic carbocycles. The van der Waals surface area contributed by atoms with E-state index in [0.29, 0.717) is 16.5 Å². The lowest BCUT2D eigenvalue weighted by Crippen LogP contribution is -2.34. The quantitative estimate of drug-likeness (QED) is 0.775. The van der Waals surface area contributed by atoms with Crippen molar-refractivity contribution in [2.75, 3.05) is 19.5 Å². The van der Waals surface area contributed by atoms with E-state index in [4.69, 9.17) is 44.9 Å². The van der Waals surface area contributed by atoms with E-state index < -0.39 is 5.91 Å². The summed E-state index contributed by atoms with van der Waals surface area (Å²) >= 11 is 17.1. The number of rotatable bonds is 4. The highest BCUT2D eigenvalue weighted by Gasteiger charge is 2.17. The Morgan fingerprint density at radius 2 is 1.75 bits per heavy atom. The summed E-state index contributed by atoms with van der Waals surface area (Å²) in [6, 6.07) is 10.0. The average molecular weight is 385 g/mol. The van der Waals surface area contributed by atoms with E-state index in [1.54, 1.807) is 31.4 Å². The number of halogens is 2. The average Bonchev–Trinajstić information content (AvgIpc) is 2.54. The van der Waals surface area contributed by atoms with Crippen LogP contribution in [-0.4, -0.2) is 25.2 Å². The van der Waals surface area contributed by atoms with Gasteiger partial charge in [0.05, 0.1) is 24.8 Å². The van der Waals surface area contributed by atoms with Gasteiger partial charge >= 0.3 is 0 Å². The maximum Gasteiger partial charge on any atom is 0.261 e. The third-order valence-corrected chi connectivity index (χ3v) is 3.74.